The van der Waals surface area contributed by atoms with E-state index in [1.165, 1.54) is 0 Å². The molecule has 5 atom stereocenters. The third-order valence-corrected chi connectivity index (χ3v) is 5.91. The van der Waals surface area contributed by atoms with Crippen LogP contribution in [0.4, 0.5) is 0 Å². The second-order valence-corrected chi connectivity index (χ2v) is 9.01. The summed E-state index contributed by atoms with van der Waals surface area (Å²) in [5.74, 6) is -1.28. The number of carboxylic acids is 1. The molecule has 0 aliphatic heterocycles. The van der Waals surface area contributed by atoms with E-state index in [1.54, 1.807) is 6.08 Å². The Kier molecular flexibility index (Phi) is 17.3. The van der Waals surface area contributed by atoms with E-state index in [0.29, 0.717) is 25.7 Å². The predicted molar refractivity (Wildman–Crippen MR) is 122 cm³/mol. The zero-order valence-corrected chi connectivity index (χ0v) is 19.9. The van der Waals surface area contributed by atoms with Crippen LogP contribution < -0.4 is 10.8 Å². The molecule has 1 rings (SSSR count). The fourth-order valence-electron chi connectivity index (χ4n) is 3.55. The molecule has 1 fully saturated rings. The SMILES string of the molecule is CCCCC[C@H](O)/C=C/[C@@H]1[C@@H](C/C=C/CCCC(=O)[O-])[C@H](O)C[C@H]1O.[NH3+]C(CO)(CO)CO. The van der Waals surface area contributed by atoms with Gasteiger partial charge in [0.2, 0.25) is 0 Å². The van der Waals surface area contributed by atoms with Gasteiger partial charge in [0.25, 0.3) is 0 Å². The molecule has 33 heavy (non-hydrogen) atoms. The number of aliphatic carboxylic acids is 1. The van der Waals surface area contributed by atoms with Gasteiger partial charge in [-0.05, 0) is 38.0 Å². The lowest BCUT2D eigenvalue weighted by molar-refractivity contribution is -0.494. The fourth-order valence-corrected chi connectivity index (χ4v) is 3.55. The Morgan fingerprint density at radius 3 is 2.24 bits per heavy atom. The second kappa shape index (κ2) is 18.1. The minimum absolute atomic E-state index is 0.0520. The van der Waals surface area contributed by atoms with E-state index in [2.05, 4.69) is 12.7 Å². The normalized spacial score (nSPS) is 24.2. The van der Waals surface area contributed by atoms with E-state index in [0.717, 1.165) is 25.7 Å². The summed E-state index contributed by atoms with van der Waals surface area (Å²) in [5.41, 5.74) is 2.42. The highest BCUT2D eigenvalue weighted by molar-refractivity contribution is 5.64. The molecule has 0 saturated heterocycles. The van der Waals surface area contributed by atoms with E-state index in [1.807, 2.05) is 18.2 Å². The van der Waals surface area contributed by atoms with Gasteiger partial charge in [0.15, 0.2) is 5.54 Å². The van der Waals surface area contributed by atoms with Crippen molar-refractivity contribution in [3.63, 3.8) is 0 Å². The Balaban J connectivity index is 0.00000109. The van der Waals surface area contributed by atoms with E-state index >= 15 is 0 Å². The molecule has 9 N–H and O–H groups in total. The lowest BCUT2D eigenvalue weighted by atomic mass is 9.89. The first-order valence-corrected chi connectivity index (χ1v) is 11.9. The maximum atomic E-state index is 10.3. The van der Waals surface area contributed by atoms with Crippen molar-refractivity contribution in [1.29, 1.82) is 0 Å². The van der Waals surface area contributed by atoms with Crippen LogP contribution in [-0.4, -0.2) is 80.3 Å². The Morgan fingerprint density at radius 2 is 1.73 bits per heavy atom. The molecule has 0 spiro atoms. The number of rotatable bonds is 15. The van der Waals surface area contributed by atoms with Crippen LogP contribution >= 0.6 is 0 Å². The summed E-state index contributed by atoms with van der Waals surface area (Å²) in [6, 6.07) is 0. The molecule has 0 radical (unpaired) electrons. The highest BCUT2D eigenvalue weighted by Gasteiger charge is 2.39. The van der Waals surface area contributed by atoms with E-state index in [4.69, 9.17) is 15.3 Å². The second-order valence-electron chi connectivity index (χ2n) is 9.01. The first-order valence-electron chi connectivity index (χ1n) is 11.9. The number of carboxylic acid groups (broad SMARTS) is 1. The van der Waals surface area contributed by atoms with Crippen LogP contribution in [-0.2, 0) is 4.79 Å². The molecule has 9 heteroatoms. The zero-order chi connectivity index (χ0) is 25.3. The summed E-state index contributed by atoms with van der Waals surface area (Å²) in [6.07, 6.45) is 12.0. The molecule has 0 aromatic carbocycles. The quantitative estimate of drug-likeness (QED) is 0.112. The third kappa shape index (κ3) is 13.8. The van der Waals surface area contributed by atoms with Crippen LogP contribution in [0, 0.1) is 11.8 Å². The summed E-state index contributed by atoms with van der Waals surface area (Å²) < 4.78 is 0. The smallest absolute Gasteiger partial charge is 0.164 e. The summed E-state index contributed by atoms with van der Waals surface area (Å²) in [6.45, 7) is 1.25. The number of carbonyl (C=O) groups excluding carboxylic acids is 1. The third-order valence-electron chi connectivity index (χ3n) is 5.91. The highest BCUT2D eigenvalue weighted by atomic mass is 16.4. The van der Waals surface area contributed by atoms with Crippen molar-refractivity contribution in [2.24, 2.45) is 11.8 Å². The zero-order valence-electron chi connectivity index (χ0n) is 19.9. The summed E-state index contributed by atoms with van der Waals surface area (Å²) in [7, 11) is 0. The van der Waals surface area contributed by atoms with Crippen molar-refractivity contribution in [2.75, 3.05) is 19.8 Å². The lowest BCUT2D eigenvalue weighted by Crippen LogP contribution is -2.78. The maximum absolute atomic E-state index is 10.3. The van der Waals surface area contributed by atoms with E-state index < -0.39 is 29.8 Å². The van der Waals surface area contributed by atoms with Crippen molar-refractivity contribution in [1.82, 2.24) is 0 Å². The first-order chi connectivity index (χ1) is 15.6. The molecule has 1 aliphatic rings. The number of carbonyl (C=O) groups is 1. The van der Waals surface area contributed by atoms with Gasteiger partial charge < -0.3 is 46.3 Å². The molecular formula is C24H45NO8. The molecule has 9 nitrogen and oxygen atoms in total. The van der Waals surface area contributed by atoms with Gasteiger partial charge in [-0.3, -0.25) is 0 Å². The number of aliphatic hydroxyl groups is 6. The minimum atomic E-state index is -1.04. The Hall–Kier alpha value is -1.33. The highest BCUT2D eigenvalue weighted by Crippen LogP contribution is 2.36. The summed E-state index contributed by atoms with van der Waals surface area (Å²) in [5, 5.41) is 65.9. The number of unbranched alkanes of at least 4 members (excludes halogenated alkanes) is 3. The van der Waals surface area contributed by atoms with Crippen LogP contribution in [0.2, 0.25) is 0 Å². The van der Waals surface area contributed by atoms with Gasteiger partial charge in [0, 0.05) is 18.3 Å². The molecule has 0 aromatic rings. The van der Waals surface area contributed by atoms with Crippen LogP contribution in [0.15, 0.2) is 24.3 Å². The average molecular weight is 476 g/mol. The Labute approximate surface area is 197 Å². The largest absolute Gasteiger partial charge is 0.550 e. The lowest BCUT2D eigenvalue weighted by Gasteiger charge is -2.19. The molecule has 1 aliphatic carbocycles. The number of hydrogen-bond acceptors (Lipinski definition) is 8. The van der Waals surface area contributed by atoms with E-state index in [-0.39, 0.29) is 38.1 Å². The topological polar surface area (TPSA) is 189 Å². The molecule has 0 unspecified atom stereocenters. The number of hydrogen-bond donors (Lipinski definition) is 7. The van der Waals surface area contributed by atoms with Gasteiger partial charge in [-0.25, -0.2) is 0 Å². The van der Waals surface area contributed by atoms with Crippen LogP contribution in [0.25, 0.3) is 0 Å². The van der Waals surface area contributed by atoms with Crippen molar-refractivity contribution >= 4 is 5.97 Å². The Bertz CT molecular complexity index is 556. The fraction of sp³-hybridized carbons (Fsp3) is 0.792. The van der Waals surface area contributed by atoms with Crippen molar-refractivity contribution in [3.8, 4) is 0 Å². The van der Waals surface area contributed by atoms with Gasteiger partial charge in [0.05, 0.1) is 18.3 Å². The molecular weight excluding hydrogens is 430 g/mol. The maximum Gasteiger partial charge on any atom is 0.164 e. The van der Waals surface area contributed by atoms with Crippen LogP contribution in [0.3, 0.4) is 0 Å². The van der Waals surface area contributed by atoms with Gasteiger partial charge >= 0.3 is 0 Å². The van der Waals surface area contributed by atoms with Gasteiger partial charge in [-0.15, -0.1) is 0 Å². The Morgan fingerprint density at radius 1 is 1.09 bits per heavy atom. The number of aliphatic hydroxyl groups excluding tert-OH is 6. The first kappa shape index (κ1) is 31.7. The van der Waals surface area contributed by atoms with Crippen LogP contribution in [0.1, 0.15) is 64.7 Å². The van der Waals surface area contributed by atoms with Crippen LogP contribution in [0.5, 0.6) is 0 Å². The summed E-state index contributed by atoms with van der Waals surface area (Å²) in [4.78, 5) is 10.3. The predicted octanol–water partition coefficient (Wildman–Crippen LogP) is -1.35. The molecule has 194 valence electrons. The van der Waals surface area contributed by atoms with Crippen molar-refractivity contribution < 1.29 is 46.3 Å². The van der Waals surface area contributed by atoms with Crippen molar-refractivity contribution in [3.05, 3.63) is 24.3 Å². The van der Waals surface area contributed by atoms with Gasteiger partial charge in [-0.1, -0.05) is 50.5 Å². The number of quaternary nitrogens is 1. The van der Waals surface area contributed by atoms with E-state index in [9.17, 15) is 25.2 Å². The molecule has 0 heterocycles. The minimum Gasteiger partial charge on any atom is -0.550 e. The van der Waals surface area contributed by atoms with Crippen molar-refractivity contribution in [2.45, 2.75) is 88.6 Å². The molecule has 0 aromatic heterocycles. The average Bonchev–Trinajstić information content (AvgIpc) is 3.06. The molecule has 1 saturated carbocycles. The monoisotopic (exact) mass is 475 g/mol. The standard InChI is InChI=1S/C20H34O5.C4H11NO3/c1-2-3-6-9-15(21)12-13-17-16(18(22)14-19(17)23)10-7-4-5-8-11-20(24)25;5-4(1-6,2-7)3-8/h4,7,12-13,15-19,21-23H,2-3,5-6,8-11,14H2,1H3,(H,24,25);6-8H,1-3,5H2/b7-4+,13-12+;/t15-,16+,17+,18+,19+;/m0./s1. The summed E-state index contributed by atoms with van der Waals surface area (Å²) >= 11 is 0. The van der Waals surface area contributed by atoms with Gasteiger partial charge in [0.1, 0.15) is 19.8 Å². The van der Waals surface area contributed by atoms with Gasteiger partial charge in [-0.2, -0.15) is 0 Å². The molecule has 0 amide bonds. The number of allylic oxidation sites excluding steroid dienone is 2. The molecule has 0 bridgehead atoms.